The molecule has 0 amide bonds. The summed E-state index contributed by atoms with van der Waals surface area (Å²) < 4.78 is 4.93. The van der Waals surface area contributed by atoms with E-state index in [0.29, 0.717) is 6.61 Å². The van der Waals surface area contributed by atoms with Crippen LogP contribution < -0.4 is 0 Å². The highest BCUT2D eigenvalue weighted by Crippen LogP contribution is 2.06. The number of likely N-dealkylation sites (N-methyl/N-ethyl adjacent to an activating group) is 1. The van der Waals surface area contributed by atoms with Crippen molar-refractivity contribution in [1.29, 1.82) is 5.26 Å². The Morgan fingerprint density at radius 2 is 2.21 bits per heavy atom. The lowest BCUT2D eigenvalue weighted by Gasteiger charge is -2.23. The molecule has 0 aliphatic rings. The summed E-state index contributed by atoms with van der Waals surface area (Å²) in [5.74, 6) is -0.230. The first-order valence-corrected chi connectivity index (χ1v) is 4.91. The van der Waals surface area contributed by atoms with E-state index >= 15 is 0 Å². The van der Waals surface area contributed by atoms with Crippen LogP contribution in [0.2, 0.25) is 0 Å². The van der Waals surface area contributed by atoms with Crippen LogP contribution in [-0.2, 0) is 9.53 Å². The standard InChI is InChI=1S/C10H18N2O2/c1-4-6-9(10(13)14-5-2)12(3)8-7-11/h9H,4-6,8H2,1-3H3. The summed E-state index contributed by atoms with van der Waals surface area (Å²) in [5, 5.41) is 8.52. The number of esters is 1. The molecule has 0 spiro atoms. The van der Waals surface area contributed by atoms with Gasteiger partial charge in [-0.3, -0.25) is 9.69 Å². The lowest BCUT2D eigenvalue weighted by atomic mass is 10.1. The number of rotatable bonds is 6. The summed E-state index contributed by atoms with van der Waals surface area (Å²) >= 11 is 0. The number of carbonyl (C=O) groups is 1. The Bertz CT molecular complexity index is 211. The first kappa shape index (κ1) is 12.9. The molecule has 0 aliphatic carbocycles. The van der Waals surface area contributed by atoms with Crippen LogP contribution in [0.15, 0.2) is 0 Å². The van der Waals surface area contributed by atoms with Crippen LogP contribution in [0.5, 0.6) is 0 Å². The van der Waals surface area contributed by atoms with Crippen LogP contribution in [0.4, 0.5) is 0 Å². The van der Waals surface area contributed by atoms with Crippen molar-refractivity contribution in [2.75, 3.05) is 20.2 Å². The van der Waals surface area contributed by atoms with Crippen LogP contribution in [0, 0.1) is 11.3 Å². The highest BCUT2D eigenvalue weighted by Gasteiger charge is 2.22. The maximum atomic E-state index is 11.5. The SMILES string of the molecule is CCCC(C(=O)OCC)N(C)CC#N. The molecular weight excluding hydrogens is 180 g/mol. The summed E-state index contributed by atoms with van der Waals surface area (Å²) in [7, 11) is 1.76. The fourth-order valence-electron chi connectivity index (χ4n) is 1.25. The predicted octanol–water partition coefficient (Wildman–Crippen LogP) is 1.17. The Balaban J connectivity index is 4.26. The van der Waals surface area contributed by atoms with E-state index in [4.69, 9.17) is 10.00 Å². The van der Waals surface area contributed by atoms with Crippen molar-refractivity contribution in [2.24, 2.45) is 0 Å². The molecule has 4 heteroatoms. The minimum Gasteiger partial charge on any atom is -0.465 e. The van der Waals surface area contributed by atoms with Crippen molar-refractivity contribution in [3.63, 3.8) is 0 Å². The van der Waals surface area contributed by atoms with E-state index in [1.54, 1.807) is 18.9 Å². The maximum absolute atomic E-state index is 11.5. The first-order valence-electron chi connectivity index (χ1n) is 4.91. The van der Waals surface area contributed by atoms with E-state index in [9.17, 15) is 4.79 Å². The molecule has 0 aromatic rings. The van der Waals surface area contributed by atoms with Crippen molar-refractivity contribution in [1.82, 2.24) is 4.90 Å². The summed E-state index contributed by atoms with van der Waals surface area (Å²) in [6.45, 7) is 4.43. The van der Waals surface area contributed by atoms with Crippen molar-refractivity contribution >= 4 is 5.97 Å². The van der Waals surface area contributed by atoms with E-state index in [1.165, 1.54) is 0 Å². The highest BCUT2D eigenvalue weighted by molar-refractivity contribution is 5.75. The number of nitriles is 1. The van der Waals surface area contributed by atoms with Crippen molar-refractivity contribution < 1.29 is 9.53 Å². The van der Waals surface area contributed by atoms with E-state index in [1.807, 2.05) is 13.0 Å². The van der Waals surface area contributed by atoms with Crippen LogP contribution in [-0.4, -0.2) is 37.1 Å². The molecule has 0 N–H and O–H groups in total. The lowest BCUT2D eigenvalue weighted by molar-refractivity contribution is -0.149. The quantitative estimate of drug-likeness (QED) is 0.475. The third kappa shape index (κ3) is 4.24. The fraction of sp³-hybridized carbons (Fsp3) is 0.800. The normalized spacial score (nSPS) is 12.2. The molecule has 0 aromatic carbocycles. The molecule has 4 nitrogen and oxygen atoms in total. The van der Waals surface area contributed by atoms with Gasteiger partial charge < -0.3 is 4.74 Å². The van der Waals surface area contributed by atoms with E-state index in [0.717, 1.165) is 12.8 Å². The molecule has 14 heavy (non-hydrogen) atoms. The second kappa shape index (κ2) is 7.34. The topological polar surface area (TPSA) is 53.3 Å². The third-order valence-corrected chi connectivity index (χ3v) is 1.97. The molecule has 0 rings (SSSR count). The van der Waals surface area contributed by atoms with Gasteiger partial charge in [0.05, 0.1) is 19.2 Å². The summed E-state index contributed by atoms with van der Waals surface area (Å²) in [6, 6.07) is 1.74. The minimum atomic E-state index is -0.278. The summed E-state index contributed by atoms with van der Waals surface area (Å²) in [4.78, 5) is 13.2. The summed E-state index contributed by atoms with van der Waals surface area (Å²) in [6.07, 6.45) is 1.64. The zero-order valence-corrected chi connectivity index (χ0v) is 9.12. The largest absolute Gasteiger partial charge is 0.465 e. The Kier molecular flexibility index (Phi) is 6.77. The van der Waals surface area contributed by atoms with Gasteiger partial charge in [-0.1, -0.05) is 13.3 Å². The molecular formula is C10H18N2O2. The molecule has 1 unspecified atom stereocenters. The molecule has 1 atom stereocenters. The van der Waals surface area contributed by atoms with Gasteiger partial charge in [0.1, 0.15) is 6.04 Å². The van der Waals surface area contributed by atoms with Gasteiger partial charge in [0.25, 0.3) is 0 Å². The fourth-order valence-corrected chi connectivity index (χ4v) is 1.25. The second-order valence-electron chi connectivity index (χ2n) is 3.13. The smallest absolute Gasteiger partial charge is 0.323 e. The Hall–Kier alpha value is -1.08. The van der Waals surface area contributed by atoms with Gasteiger partial charge >= 0.3 is 5.97 Å². The molecule has 0 fully saturated rings. The van der Waals surface area contributed by atoms with Gasteiger partial charge in [-0.25, -0.2) is 0 Å². The lowest BCUT2D eigenvalue weighted by Crippen LogP contribution is -2.39. The zero-order chi connectivity index (χ0) is 11.0. The van der Waals surface area contributed by atoms with Gasteiger partial charge in [0, 0.05) is 0 Å². The van der Waals surface area contributed by atoms with E-state index in [-0.39, 0.29) is 18.6 Å². The predicted molar refractivity (Wildman–Crippen MR) is 53.6 cm³/mol. The maximum Gasteiger partial charge on any atom is 0.323 e. The molecule has 0 bridgehead atoms. The number of ether oxygens (including phenoxy) is 1. The van der Waals surface area contributed by atoms with Crippen molar-refractivity contribution in [3.8, 4) is 6.07 Å². The highest BCUT2D eigenvalue weighted by atomic mass is 16.5. The Morgan fingerprint density at radius 3 is 2.64 bits per heavy atom. The first-order chi connectivity index (χ1) is 6.67. The van der Waals surface area contributed by atoms with Gasteiger partial charge in [0.15, 0.2) is 0 Å². The third-order valence-electron chi connectivity index (χ3n) is 1.97. The molecule has 0 aromatic heterocycles. The van der Waals surface area contributed by atoms with Crippen LogP contribution >= 0.6 is 0 Å². The molecule has 0 heterocycles. The van der Waals surface area contributed by atoms with Crippen LogP contribution in [0.3, 0.4) is 0 Å². The van der Waals surface area contributed by atoms with Crippen LogP contribution in [0.1, 0.15) is 26.7 Å². The number of hydrogen-bond acceptors (Lipinski definition) is 4. The Morgan fingerprint density at radius 1 is 1.57 bits per heavy atom. The van der Waals surface area contributed by atoms with E-state index < -0.39 is 0 Å². The number of carbonyl (C=O) groups excluding carboxylic acids is 1. The van der Waals surface area contributed by atoms with Gasteiger partial charge in [0.2, 0.25) is 0 Å². The zero-order valence-electron chi connectivity index (χ0n) is 9.12. The van der Waals surface area contributed by atoms with Gasteiger partial charge in [-0.15, -0.1) is 0 Å². The van der Waals surface area contributed by atoms with Crippen molar-refractivity contribution in [3.05, 3.63) is 0 Å². The number of nitrogens with zero attached hydrogens (tertiary/aromatic N) is 2. The monoisotopic (exact) mass is 198 g/mol. The van der Waals surface area contributed by atoms with Gasteiger partial charge in [-0.05, 0) is 20.4 Å². The molecule has 0 aliphatic heterocycles. The minimum absolute atomic E-state index is 0.230. The number of hydrogen-bond donors (Lipinski definition) is 0. The Labute approximate surface area is 85.5 Å². The molecule has 0 radical (unpaired) electrons. The van der Waals surface area contributed by atoms with Crippen molar-refractivity contribution in [2.45, 2.75) is 32.7 Å². The molecule has 0 saturated carbocycles. The van der Waals surface area contributed by atoms with E-state index in [2.05, 4.69) is 0 Å². The molecule has 80 valence electrons. The average Bonchev–Trinajstić information content (AvgIpc) is 2.14. The molecule has 0 saturated heterocycles. The van der Waals surface area contributed by atoms with Gasteiger partial charge in [-0.2, -0.15) is 5.26 Å². The van der Waals surface area contributed by atoms with Crippen LogP contribution in [0.25, 0.3) is 0 Å². The second-order valence-corrected chi connectivity index (χ2v) is 3.13. The summed E-state index contributed by atoms with van der Waals surface area (Å²) in [5.41, 5.74) is 0. The average molecular weight is 198 g/mol.